The summed E-state index contributed by atoms with van der Waals surface area (Å²) in [5, 5.41) is 2.65. The van der Waals surface area contributed by atoms with Gasteiger partial charge < -0.3 is 11.1 Å². The minimum Gasteiger partial charge on any atom is -0.348 e. The van der Waals surface area contributed by atoms with Gasteiger partial charge in [-0.15, -0.1) is 12.4 Å². The molecular formula is C13H17ClN4O2. The molecule has 0 aliphatic carbocycles. The van der Waals surface area contributed by atoms with Crippen molar-refractivity contribution in [3.63, 3.8) is 0 Å². The number of hydrogen-bond acceptors (Lipinski definition) is 4. The van der Waals surface area contributed by atoms with Crippen LogP contribution in [0.3, 0.4) is 0 Å². The fraction of sp³-hybridized carbons (Fsp3) is 0.308. The molecule has 0 aliphatic heterocycles. The Morgan fingerprint density at radius 1 is 1.55 bits per heavy atom. The first-order valence-corrected chi connectivity index (χ1v) is 6.02. The summed E-state index contributed by atoms with van der Waals surface area (Å²) >= 11 is 0. The van der Waals surface area contributed by atoms with E-state index in [9.17, 15) is 9.59 Å². The van der Waals surface area contributed by atoms with E-state index in [4.69, 9.17) is 5.73 Å². The third-order valence-electron chi connectivity index (χ3n) is 2.84. The molecule has 2 aromatic rings. The Morgan fingerprint density at radius 2 is 2.25 bits per heavy atom. The minimum atomic E-state index is -0.453. The van der Waals surface area contributed by atoms with Crippen molar-refractivity contribution in [2.75, 3.05) is 6.54 Å². The number of pyridine rings is 1. The number of nitrogens with two attached hydrogens (primary N) is 1. The molecule has 2 heterocycles. The standard InChI is InChI=1S/C13H16N4O2.ClH/c1-8-3-4-17-11(5-8)15-7-10(13(17)19)12(18)16-9(2)6-14;/h3-5,7,9H,6,14H2,1-2H3,(H,16,18);1H/t9-;/m0./s1. The monoisotopic (exact) mass is 296 g/mol. The molecule has 1 atom stereocenters. The molecule has 0 saturated heterocycles. The van der Waals surface area contributed by atoms with Crippen molar-refractivity contribution in [3.05, 3.63) is 46.0 Å². The predicted molar refractivity (Wildman–Crippen MR) is 79.4 cm³/mol. The quantitative estimate of drug-likeness (QED) is 0.863. The van der Waals surface area contributed by atoms with E-state index < -0.39 is 5.91 Å². The fourth-order valence-electron chi connectivity index (χ4n) is 1.69. The zero-order chi connectivity index (χ0) is 14.0. The Hall–Kier alpha value is -1.92. The molecule has 3 N–H and O–H groups in total. The SMILES string of the molecule is Cc1ccn2c(=O)c(C(=O)N[C@@H](C)CN)cnc2c1.Cl. The average molecular weight is 297 g/mol. The zero-order valence-corrected chi connectivity index (χ0v) is 12.1. The van der Waals surface area contributed by atoms with Gasteiger partial charge in [0.25, 0.3) is 11.5 Å². The van der Waals surface area contributed by atoms with Gasteiger partial charge in [0.2, 0.25) is 0 Å². The number of rotatable bonds is 3. The minimum absolute atomic E-state index is 0. The van der Waals surface area contributed by atoms with Crippen LogP contribution in [0, 0.1) is 6.92 Å². The van der Waals surface area contributed by atoms with Crippen LogP contribution in [-0.4, -0.2) is 27.9 Å². The van der Waals surface area contributed by atoms with E-state index in [1.165, 1.54) is 10.6 Å². The molecular weight excluding hydrogens is 280 g/mol. The second kappa shape index (κ2) is 6.49. The summed E-state index contributed by atoms with van der Waals surface area (Å²) in [7, 11) is 0. The second-order valence-corrected chi connectivity index (χ2v) is 4.52. The highest BCUT2D eigenvalue weighted by Crippen LogP contribution is 2.02. The molecule has 0 radical (unpaired) electrons. The van der Waals surface area contributed by atoms with E-state index in [0.717, 1.165) is 5.56 Å². The van der Waals surface area contributed by atoms with Crippen LogP contribution < -0.4 is 16.6 Å². The summed E-state index contributed by atoms with van der Waals surface area (Å²) in [4.78, 5) is 28.2. The molecule has 0 bridgehead atoms. The first kappa shape index (κ1) is 16.1. The summed E-state index contributed by atoms with van der Waals surface area (Å²) in [6.07, 6.45) is 2.92. The molecule has 0 saturated carbocycles. The lowest BCUT2D eigenvalue weighted by molar-refractivity contribution is 0.0939. The number of nitrogens with zero attached hydrogens (tertiary/aromatic N) is 2. The van der Waals surface area contributed by atoms with Gasteiger partial charge >= 0.3 is 0 Å². The van der Waals surface area contributed by atoms with Crippen molar-refractivity contribution in [2.45, 2.75) is 19.9 Å². The molecule has 6 nitrogen and oxygen atoms in total. The van der Waals surface area contributed by atoms with Crippen LogP contribution in [0.15, 0.2) is 29.3 Å². The molecule has 0 aromatic carbocycles. The first-order valence-electron chi connectivity index (χ1n) is 6.02. The Bertz CT molecular complexity index is 684. The van der Waals surface area contributed by atoms with Crippen LogP contribution in [0.2, 0.25) is 0 Å². The number of amides is 1. The number of fused-ring (bicyclic) bond motifs is 1. The molecule has 7 heteroatoms. The summed E-state index contributed by atoms with van der Waals surface area (Å²) < 4.78 is 1.36. The highest BCUT2D eigenvalue weighted by Gasteiger charge is 2.14. The smallest absolute Gasteiger partial charge is 0.270 e. The topological polar surface area (TPSA) is 89.5 Å². The number of hydrogen-bond donors (Lipinski definition) is 2. The zero-order valence-electron chi connectivity index (χ0n) is 11.3. The normalized spacial score (nSPS) is 11.8. The van der Waals surface area contributed by atoms with Gasteiger partial charge in [0.15, 0.2) is 0 Å². The van der Waals surface area contributed by atoms with Crippen LogP contribution in [-0.2, 0) is 0 Å². The van der Waals surface area contributed by atoms with Crippen LogP contribution in [0.1, 0.15) is 22.8 Å². The van der Waals surface area contributed by atoms with E-state index in [1.54, 1.807) is 25.3 Å². The lowest BCUT2D eigenvalue weighted by Gasteiger charge is -2.11. The lowest BCUT2D eigenvalue weighted by Crippen LogP contribution is -2.40. The van der Waals surface area contributed by atoms with Crippen LogP contribution >= 0.6 is 12.4 Å². The number of aromatic nitrogens is 2. The van der Waals surface area contributed by atoms with Gasteiger partial charge in [0, 0.05) is 25.0 Å². The van der Waals surface area contributed by atoms with Crippen molar-refractivity contribution in [1.82, 2.24) is 14.7 Å². The van der Waals surface area contributed by atoms with Crippen molar-refractivity contribution >= 4 is 24.0 Å². The van der Waals surface area contributed by atoms with Gasteiger partial charge in [-0.2, -0.15) is 0 Å². The number of nitrogens with one attached hydrogen (secondary N) is 1. The Kier molecular flexibility index (Phi) is 5.24. The number of carbonyl (C=O) groups is 1. The molecule has 0 unspecified atom stereocenters. The molecule has 20 heavy (non-hydrogen) atoms. The lowest BCUT2D eigenvalue weighted by atomic mass is 10.2. The number of halogens is 1. The molecule has 0 spiro atoms. The van der Waals surface area contributed by atoms with E-state index >= 15 is 0 Å². The molecule has 2 aromatic heterocycles. The van der Waals surface area contributed by atoms with Gasteiger partial charge in [0.1, 0.15) is 11.2 Å². The van der Waals surface area contributed by atoms with Crippen molar-refractivity contribution < 1.29 is 4.79 Å². The first-order chi connectivity index (χ1) is 9.02. The van der Waals surface area contributed by atoms with Crippen molar-refractivity contribution in [2.24, 2.45) is 5.73 Å². The Balaban J connectivity index is 0.00000200. The van der Waals surface area contributed by atoms with Crippen molar-refractivity contribution in [3.8, 4) is 0 Å². The maximum absolute atomic E-state index is 12.2. The fourth-order valence-corrected chi connectivity index (χ4v) is 1.69. The Labute approximate surface area is 122 Å². The summed E-state index contributed by atoms with van der Waals surface area (Å²) in [6.45, 7) is 4.00. The van der Waals surface area contributed by atoms with E-state index in [1.807, 2.05) is 6.92 Å². The molecule has 1 amide bonds. The van der Waals surface area contributed by atoms with E-state index in [0.29, 0.717) is 12.2 Å². The van der Waals surface area contributed by atoms with Gasteiger partial charge in [-0.3, -0.25) is 14.0 Å². The molecule has 0 fully saturated rings. The highest BCUT2D eigenvalue weighted by atomic mass is 35.5. The van der Waals surface area contributed by atoms with Crippen LogP contribution in [0.5, 0.6) is 0 Å². The second-order valence-electron chi connectivity index (χ2n) is 4.52. The highest BCUT2D eigenvalue weighted by molar-refractivity contribution is 5.93. The van der Waals surface area contributed by atoms with Crippen LogP contribution in [0.4, 0.5) is 0 Å². The summed E-state index contributed by atoms with van der Waals surface area (Å²) in [6, 6.07) is 3.39. The average Bonchev–Trinajstić information content (AvgIpc) is 2.38. The van der Waals surface area contributed by atoms with E-state index in [2.05, 4.69) is 10.3 Å². The van der Waals surface area contributed by atoms with Gasteiger partial charge in [-0.05, 0) is 31.5 Å². The number of carbonyl (C=O) groups excluding carboxylic acids is 1. The predicted octanol–water partition coefficient (Wildman–Crippen LogP) is 0.502. The number of aryl methyl sites for hydroxylation is 1. The third-order valence-corrected chi connectivity index (χ3v) is 2.84. The third kappa shape index (κ3) is 3.15. The molecule has 108 valence electrons. The van der Waals surface area contributed by atoms with Gasteiger partial charge in [0.05, 0.1) is 0 Å². The van der Waals surface area contributed by atoms with E-state index in [-0.39, 0.29) is 29.6 Å². The largest absolute Gasteiger partial charge is 0.348 e. The maximum Gasteiger partial charge on any atom is 0.270 e. The van der Waals surface area contributed by atoms with Gasteiger partial charge in [-0.1, -0.05) is 0 Å². The molecule has 0 aliphatic rings. The van der Waals surface area contributed by atoms with Crippen molar-refractivity contribution in [1.29, 1.82) is 0 Å². The maximum atomic E-state index is 12.2. The summed E-state index contributed by atoms with van der Waals surface area (Å²) in [5.41, 5.74) is 6.59. The Morgan fingerprint density at radius 3 is 2.90 bits per heavy atom. The molecule has 2 rings (SSSR count). The van der Waals surface area contributed by atoms with Gasteiger partial charge in [-0.25, -0.2) is 4.98 Å². The summed E-state index contributed by atoms with van der Waals surface area (Å²) in [5.74, 6) is -0.453. The van der Waals surface area contributed by atoms with Crippen LogP contribution in [0.25, 0.3) is 5.65 Å².